The van der Waals surface area contributed by atoms with Gasteiger partial charge in [0, 0.05) is 24.3 Å². The molecule has 0 radical (unpaired) electrons. The fraction of sp³-hybridized carbons (Fsp3) is 0.400. The number of rotatable bonds is 5. The van der Waals surface area contributed by atoms with Crippen molar-refractivity contribution in [3.8, 4) is 0 Å². The minimum Gasteiger partial charge on any atom is -0.300 e. The van der Waals surface area contributed by atoms with Gasteiger partial charge in [0.05, 0.1) is 12.2 Å². The summed E-state index contributed by atoms with van der Waals surface area (Å²) in [6, 6.07) is 7.94. The van der Waals surface area contributed by atoms with E-state index < -0.39 is 0 Å². The molecule has 6 heteroatoms. The Bertz CT molecular complexity index is 689. The molecule has 3 rings (SSSR count). The predicted molar refractivity (Wildman–Crippen MR) is 81.9 cm³/mol. The Labute approximate surface area is 123 Å². The molecule has 6 nitrogen and oxygen atoms in total. The van der Waals surface area contributed by atoms with Crippen molar-refractivity contribution >= 4 is 11.0 Å². The van der Waals surface area contributed by atoms with Crippen LogP contribution in [0.5, 0.6) is 0 Å². The van der Waals surface area contributed by atoms with E-state index in [1.165, 1.54) is 5.56 Å². The molecule has 1 N–H and O–H groups in total. The molecule has 1 aromatic carbocycles. The van der Waals surface area contributed by atoms with Crippen molar-refractivity contribution in [3.63, 3.8) is 0 Å². The zero-order valence-electron chi connectivity index (χ0n) is 12.7. The summed E-state index contributed by atoms with van der Waals surface area (Å²) < 4.78 is 0. The van der Waals surface area contributed by atoms with Gasteiger partial charge in [0.2, 0.25) is 0 Å². The summed E-state index contributed by atoms with van der Waals surface area (Å²) in [6.45, 7) is 6.65. The summed E-state index contributed by atoms with van der Waals surface area (Å²) in [6.07, 6.45) is 0. The van der Waals surface area contributed by atoms with E-state index in [0.29, 0.717) is 0 Å². The third kappa shape index (κ3) is 2.95. The summed E-state index contributed by atoms with van der Waals surface area (Å²) in [5.41, 5.74) is 5.38. The van der Waals surface area contributed by atoms with Crippen LogP contribution in [0.1, 0.15) is 17.0 Å². The predicted octanol–water partition coefficient (Wildman–Crippen LogP) is 1.90. The third-order valence-electron chi connectivity index (χ3n) is 3.72. The van der Waals surface area contributed by atoms with Crippen molar-refractivity contribution in [1.82, 2.24) is 30.1 Å². The number of fused-ring (bicyclic) bond motifs is 1. The summed E-state index contributed by atoms with van der Waals surface area (Å²) in [5, 5.41) is 16.2. The van der Waals surface area contributed by atoms with E-state index in [9.17, 15) is 0 Å². The highest BCUT2D eigenvalue weighted by molar-refractivity contribution is 5.72. The van der Waals surface area contributed by atoms with E-state index in [4.69, 9.17) is 0 Å². The number of nitrogens with zero attached hydrogens (tertiary/aromatic N) is 5. The number of hydrogen-bond acceptors (Lipinski definition) is 4. The lowest BCUT2D eigenvalue weighted by Crippen LogP contribution is -2.24. The van der Waals surface area contributed by atoms with Gasteiger partial charge in [0.25, 0.3) is 0 Å². The smallest absolute Gasteiger partial charge is 0.113 e. The lowest BCUT2D eigenvalue weighted by molar-refractivity contribution is 0.296. The number of likely N-dealkylation sites (N-methyl/N-ethyl adjacent to an activating group) is 1. The molecule has 0 bridgehead atoms. The van der Waals surface area contributed by atoms with E-state index in [0.717, 1.165) is 42.1 Å². The van der Waals surface area contributed by atoms with Crippen molar-refractivity contribution in [3.05, 3.63) is 41.2 Å². The number of nitrogens with one attached hydrogen (secondary N) is 1. The molecule has 0 saturated heterocycles. The van der Waals surface area contributed by atoms with Gasteiger partial charge in [-0.05, 0) is 33.0 Å². The van der Waals surface area contributed by atoms with Crippen molar-refractivity contribution < 1.29 is 0 Å². The first-order valence-corrected chi connectivity index (χ1v) is 7.12. The number of hydrogen-bond donors (Lipinski definition) is 1. The number of benzene rings is 1. The summed E-state index contributed by atoms with van der Waals surface area (Å²) in [4.78, 5) is 4.04. The average molecular weight is 284 g/mol. The van der Waals surface area contributed by atoms with Gasteiger partial charge in [0.15, 0.2) is 0 Å². The number of aromatic amines is 1. The molecule has 3 aromatic rings. The van der Waals surface area contributed by atoms with Crippen molar-refractivity contribution in [2.24, 2.45) is 0 Å². The monoisotopic (exact) mass is 284 g/mol. The van der Waals surface area contributed by atoms with Crippen LogP contribution in [0.25, 0.3) is 11.0 Å². The van der Waals surface area contributed by atoms with Gasteiger partial charge in [-0.3, -0.25) is 5.10 Å². The van der Waals surface area contributed by atoms with Crippen LogP contribution in [0.2, 0.25) is 0 Å². The molecule has 110 valence electrons. The molecule has 0 fully saturated rings. The van der Waals surface area contributed by atoms with Gasteiger partial charge in [-0.2, -0.15) is 20.1 Å². The van der Waals surface area contributed by atoms with Crippen LogP contribution < -0.4 is 0 Å². The largest absolute Gasteiger partial charge is 0.300 e. The summed E-state index contributed by atoms with van der Waals surface area (Å²) in [7, 11) is 2.11. The molecule has 0 amide bonds. The highest BCUT2D eigenvalue weighted by Gasteiger charge is 2.09. The van der Waals surface area contributed by atoms with E-state index in [1.54, 1.807) is 4.80 Å². The maximum absolute atomic E-state index is 4.48. The molecule has 0 aliphatic heterocycles. The molecule has 0 unspecified atom stereocenters. The van der Waals surface area contributed by atoms with Crippen LogP contribution in [-0.4, -0.2) is 43.7 Å². The first-order valence-electron chi connectivity index (χ1n) is 7.12. The molecular weight excluding hydrogens is 264 g/mol. The van der Waals surface area contributed by atoms with Crippen LogP contribution >= 0.6 is 0 Å². The Morgan fingerprint density at radius 3 is 2.38 bits per heavy atom. The van der Waals surface area contributed by atoms with Crippen LogP contribution in [0.15, 0.2) is 24.3 Å². The van der Waals surface area contributed by atoms with Crippen LogP contribution in [0.3, 0.4) is 0 Å². The molecule has 0 saturated carbocycles. The summed E-state index contributed by atoms with van der Waals surface area (Å²) in [5.74, 6) is 0. The van der Waals surface area contributed by atoms with Gasteiger partial charge in [0.1, 0.15) is 11.0 Å². The second kappa shape index (κ2) is 5.65. The van der Waals surface area contributed by atoms with Gasteiger partial charge in [-0.1, -0.05) is 12.1 Å². The maximum Gasteiger partial charge on any atom is 0.113 e. The molecule has 0 aliphatic carbocycles. The van der Waals surface area contributed by atoms with Gasteiger partial charge < -0.3 is 4.90 Å². The van der Waals surface area contributed by atoms with Gasteiger partial charge >= 0.3 is 0 Å². The van der Waals surface area contributed by atoms with E-state index in [1.807, 2.05) is 31.2 Å². The second-order valence-electron chi connectivity index (χ2n) is 5.43. The Morgan fingerprint density at radius 2 is 1.81 bits per heavy atom. The normalized spacial score (nSPS) is 11.6. The van der Waals surface area contributed by atoms with Crippen LogP contribution in [0.4, 0.5) is 0 Å². The van der Waals surface area contributed by atoms with E-state index in [2.05, 4.69) is 39.3 Å². The minimum atomic E-state index is 0.779. The molecule has 0 spiro atoms. The number of aromatic nitrogens is 5. The fourth-order valence-electron chi connectivity index (χ4n) is 2.42. The highest BCUT2D eigenvalue weighted by Crippen LogP contribution is 2.12. The SMILES string of the molecule is Cc1n[nH]c(C)c1CN(C)CCn1nc2ccccc2n1. The first-order chi connectivity index (χ1) is 10.1. The molecule has 2 aromatic heterocycles. The van der Waals surface area contributed by atoms with Crippen molar-refractivity contribution in [2.75, 3.05) is 13.6 Å². The zero-order chi connectivity index (χ0) is 14.8. The van der Waals surface area contributed by atoms with Crippen LogP contribution in [-0.2, 0) is 13.1 Å². The Kier molecular flexibility index (Phi) is 3.70. The van der Waals surface area contributed by atoms with Crippen molar-refractivity contribution in [1.29, 1.82) is 0 Å². The van der Waals surface area contributed by atoms with E-state index in [-0.39, 0.29) is 0 Å². The number of aryl methyl sites for hydroxylation is 2. The highest BCUT2D eigenvalue weighted by atomic mass is 15.5. The lowest BCUT2D eigenvalue weighted by Gasteiger charge is -2.16. The Balaban J connectivity index is 1.62. The standard InChI is InChI=1S/C15H20N6/c1-11-13(12(2)17-16-11)10-20(3)8-9-21-18-14-6-4-5-7-15(14)19-21/h4-7H,8-10H2,1-3H3,(H,16,17). The van der Waals surface area contributed by atoms with Gasteiger partial charge in [-0.15, -0.1) is 0 Å². The number of H-pyrrole nitrogens is 1. The molecule has 0 aliphatic rings. The molecule has 21 heavy (non-hydrogen) atoms. The topological polar surface area (TPSA) is 62.6 Å². The lowest BCUT2D eigenvalue weighted by atomic mass is 10.2. The quantitative estimate of drug-likeness (QED) is 0.777. The first kappa shape index (κ1) is 13.8. The van der Waals surface area contributed by atoms with Crippen molar-refractivity contribution in [2.45, 2.75) is 26.9 Å². The molecular formula is C15H20N6. The second-order valence-corrected chi connectivity index (χ2v) is 5.43. The average Bonchev–Trinajstić information content (AvgIpc) is 3.03. The molecule has 0 atom stereocenters. The van der Waals surface area contributed by atoms with Crippen LogP contribution in [0, 0.1) is 13.8 Å². The van der Waals surface area contributed by atoms with E-state index >= 15 is 0 Å². The third-order valence-corrected chi connectivity index (χ3v) is 3.72. The fourth-order valence-corrected chi connectivity index (χ4v) is 2.42. The summed E-state index contributed by atoms with van der Waals surface area (Å²) >= 11 is 0. The Hall–Kier alpha value is -2.21. The zero-order valence-corrected chi connectivity index (χ0v) is 12.7. The maximum atomic E-state index is 4.48. The minimum absolute atomic E-state index is 0.779. The molecule has 2 heterocycles. The Morgan fingerprint density at radius 1 is 1.14 bits per heavy atom. The van der Waals surface area contributed by atoms with Gasteiger partial charge in [-0.25, -0.2) is 0 Å².